The minimum Gasteiger partial charge on any atom is -0.344 e. The van der Waals surface area contributed by atoms with E-state index in [1.165, 1.54) is 26.5 Å². The zero-order valence-corrected chi connectivity index (χ0v) is 17.5. The van der Waals surface area contributed by atoms with E-state index in [0.29, 0.717) is 40.8 Å². The highest BCUT2D eigenvalue weighted by molar-refractivity contribution is 7.87. The summed E-state index contributed by atoms with van der Waals surface area (Å²) in [5, 5.41) is 0.592. The van der Waals surface area contributed by atoms with Crippen LogP contribution in [0.2, 0.25) is 0 Å². The molecule has 0 spiro atoms. The maximum atomic E-state index is 14.3. The Hall–Kier alpha value is -2.72. The highest BCUT2D eigenvalue weighted by atomic mass is 32.2. The number of halogens is 1. The third kappa shape index (κ3) is 2.85. The first-order chi connectivity index (χ1) is 13.6. The largest absolute Gasteiger partial charge is 0.344 e. The van der Waals surface area contributed by atoms with Crippen LogP contribution in [-0.2, 0) is 30.2 Å². The molecule has 3 aromatic rings. The lowest BCUT2D eigenvalue weighted by Crippen LogP contribution is -2.37. The Kier molecular flexibility index (Phi) is 4.50. The van der Waals surface area contributed by atoms with Crippen molar-refractivity contribution in [1.29, 1.82) is 0 Å². The molecule has 1 amide bonds. The molecule has 1 aromatic carbocycles. The number of aryl methyl sites for hydroxylation is 1. The molecule has 0 atom stereocenters. The molecule has 2 aromatic heterocycles. The fourth-order valence-electron chi connectivity index (χ4n) is 3.87. The molecule has 154 valence electrons. The Bertz CT molecular complexity index is 1240. The van der Waals surface area contributed by atoms with Gasteiger partial charge in [-0.15, -0.1) is 0 Å². The van der Waals surface area contributed by atoms with Gasteiger partial charge in [0.15, 0.2) is 0 Å². The van der Waals surface area contributed by atoms with Gasteiger partial charge in [0.2, 0.25) is 0 Å². The van der Waals surface area contributed by atoms with Gasteiger partial charge in [0.25, 0.3) is 5.91 Å². The third-order valence-electron chi connectivity index (χ3n) is 5.52. The average Bonchev–Trinajstić information content (AvgIpc) is 3.17. The predicted molar refractivity (Wildman–Crippen MR) is 106 cm³/mol. The van der Waals surface area contributed by atoms with Crippen molar-refractivity contribution in [3.05, 3.63) is 53.0 Å². The maximum Gasteiger partial charge on any atom is 0.308 e. The summed E-state index contributed by atoms with van der Waals surface area (Å²) < 4.78 is 43.1. The fraction of sp³-hybridized carbons (Fsp3) is 0.368. The minimum absolute atomic E-state index is 0.186. The number of aromatic nitrogens is 3. The van der Waals surface area contributed by atoms with Crippen molar-refractivity contribution in [3.8, 4) is 0 Å². The summed E-state index contributed by atoms with van der Waals surface area (Å²) in [7, 11) is 0.984. The number of hydrogen-bond acceptors (Lipinski definition) is 4. The second-order valence-electron chi connectivity index (χ2n) is 7.36. The maximum absolute atomic E-state index is 14.3. The molecule has 3 heterocycles. The van der Waals surface area contributed by atoms with E-state index >= 15 is 0 Å². The summed E-state index contributed by atoms with van der Waals surface area (Å²) in [5.74, 6) is -0.561. The van der Waals surface area contributed by atoms with Gasteiger partial charge in [0.05, 0.1) is 29.0 Å². The lowest BCUT2D eigenvalue weighted by Gasteiger charge is -2.27. The molecule has 0 fully saturated rings. The minimum atomic E-state index is -3.68. The average molecular weight is 419 g/mol. The number of carbonyl (C=O) groups is 1. The van der Waals surface area contributed by atoms with Crippen LogP contribution in [0.4, 0.5) is 4.39 Å². The van der Waals surface area contributed by atoms with Gasteiger partial charge in [0, 0.05) is 45.2 Å². The molecule has 0 unspecified atom stereocenters. The van der Waals surface area contributed by atoms with Gasteiger partial charge in [-0.25, -0.2) is 13.3 Å². The van der Waals surface area contributed by atoms with Gasteiger partial charge in [-0.2, -0.15) is 12.7 Å². The molecule has 8 nitrogen and oxygen atoms in total. The van der Waals surface area contributed by atoms with E-state index in [9.17, 15) is 17.6 Å². The van der Waals surface area contributed by atoms with Crippen LogP contribution in [0.25, 0.3) is 10.9 Å². The Morgan fingerprint density at radius 1 is 1.28 bits per heavy atom. The Morgan fingerprint density at radius 2 is 2.00 bits per heavy atom. The highest BCUT2D eigenvalue weighted by Crippen LogP contribution is 2.32. The summed E-state index contributed by atoms with van der Waals surface area (Å²) in [6.07, 6.45) is 1.84. The van der Waals surface area contributed by atoms with Crippen molar-refractivity contribution in [2.45, 2.75) is 19.9 Å². The molecule has 29 heavy (non-hydrogen) atoms. The molecule has 0 saturated heterocycles. The molecule has 1 aliphatic rings. The van der Waals surface area contributed by atoms with Crippen molar-refractivity contribution in [2.75, 3.05) is 20.6 Å². The van der Waals surface area contributed by atoms with Gasteiger partial charge < -0.3 is 9.47 Å². The van der Waals surface area contributed by atoms with E-state index < -0.39 is 10.2 Å². The number of imidazole rings is 1. The van der Waals surface area contributed by atoms with Gasteiger partial charge in [-0.3, -0.25) is 4.79 Å². The number of rotatable bonds is 4. The lowest BCUT2D eigenvalue weighted by molar-refractivity contribution is 0.0725. The summed E-state index contributed by atoms with van der Waals surface area (Å²) >= 11 is 0. The molecule has 0 saturated carbocycles. The van der Waals surface area contributed by atoms with Crippen molar-refractivity contribution in [3.63, 3.8) is 0 Å². The fourth-order valence-corrected chi connectivity index (χ4v) is 4.84. The van der Waals surface area contributed by atoms with E-state index in [0.717, 1.165) is 14.0 Å². The number of para-hydroxylation sites is 1. The number of nitrogens with zero attached hydrogens (tertiary/aromatic N) is 5. The molecule has 0 radical (unpaired) electrons. The van der Waals surface area contributed by atoms with Gasteiger partial charge >= 0.3 is 10.2 Å². The first-order valence-electron chi connectivity index (χ1n) is 9.15. The number of hydrogen-bond donors (Lipinski definition) is 0. The third-order valence-corrected chi connectivity index (χ3v) is 7.31. The topological polar surface area (TPSA) is 80.4 Å². The SMILES string of the molecule is Cc1c(CN2CCc3c(c4cccc(F)c4n3C)C2=O)ncn1S(=O)(=O)N(C)C. The monoisotopic (exact) mass is 419 g/mol. The molecule has 10 heteroatoms. The van der Waals surface area contributed by atoms with Gasteiger partial charge in [-0.05, 0) is 13.0 Å². The second kappa shape index (κ2) is 6.67. The van der Waals surface area contributed by atoms with Gasteiger partial charge in [0.1, 0.15) is 12.1 Å². The summed E-state index contributed by atoms with van der Waals surface area (Å²) in [6, 6.07) is 4.74. The number of fused-ring (bicyclic) bond motifs is 3. The Balaban J connectivity index is 1.70. The predicted octanol–water partition coefficient (Wildman–Crippen LogP) is 1.68. The quantitative estimate of drug-likeness (QED) is 0.644. The summed E-state index contributed by atoms with van der Waals surface area (Å²) in [5.41, 5.74) is 2.71. The van der Waals surface area contributed by atoms with Gasteiger partial charge in [-0.1, -0.05) is 12.1 Å². The van der Waals surface area contributed by atoms with Crippen LogP contribution in [0.5, 0.6) is 0 Å². The Morgan fingerprint density at radius 3 is 2.69 bits per heavy atom. The zero-order chi connectivity index (χ0) is 21.1. The second-order valence-corrected chi connectivity index (χ2v) is 9.38. The zero-order valence-electron chi connectivity index (χ0n) is 16.7. The normalized spacial score (nSPS) is 14.8. The lowest BCUT2D eigenvalue weighted by atomic mass is 10.0. The van der Waals surface area contributed by atoms with Crippen LogP contribution >= 0.6 is 0 Å². The van der Waals surface area contributed by atoms with Crippen molar-refractivity contribution < 1.29 is 17.6 Å². The number of carbonyl (C=O) groups excluding carboxylic acids is 1. The van der Waals surface area contributed by atoms with E-state index in [2.05, 4.69) is 4.98 Å². The van der Waals surface area contributed by atoms with Crippen LogP contribution in [0.15, 0.2) is 24.5 Å². The van der Waals surface area contributed by atoms with Crippen LogP contribution in [0.3, 0.4) is 0 Å². The first kappa shape index (κ1) is 19.6. The summed E-state index contributed by atoms with van der Waals surface area (Å²) in [6.45, 7) is 2.30. The van der Waals surface area contributed by atoms with E-state index in [1.807, 2.05) is 0 Å². The number of amides is 1. The molecular formula is C19H22FN5O3S. The van der Waals surface area contributed by atoms with Crippen molar-refractivity contribution in [2.24, 2.45) is 7.05 Å². The van der Waals surface area contributed by atoms with Crippen molar-refractivity contribution in [1.82, 2.24) is 22.7 Å². The summed E-state index contributed by atoms with van der Waals surface area (Å²) in [4.78, 5) is 19.1. The van der Waals surface area contributed by atoms with Crippen molar-refractivity contribution >= 4 is 27.0 Å². The van der Waals surface area contributed by atoms with Crippen LogP contribution in [0, 0.1) is 12.7 Å². The molecule has 0 bridgehead atoms. The molecule has 0 aliphatic carbocycles. The Labute approximate surface area is 168 Å². The van der Waals surface area contributed by atoms with Crippen LogP contribution in [0.1, 0.15) is 27.4 Å². The highest BCUT2D eigenvalue weighted by Gasteiger charge is 2.32. The molecule has 0 N–H and O–H groups in total. The number of benzene rings is 1. The smallest absolute Gasteiger partial charge is 0.308 e. The molecule has 1 aliphatic heterocycles. The first-order valence-corrected chi connectivity index (χ1v) is 10.5. The molecule has 4 rings (SSSR count). The van der Waals surface area contributed by atoms with E-state index in [4.69, 9.17) is 0 Å². The standard InChI is InChI=1S/C19H22FN5O3S/c1-12-15(21-11-25(12)29(27,28)22(2)3)10-24-9-8-16-17(19(24)26)13-6-5-7-14(20)18(13)23(16)4/h5-7,11H,8-10H2,1-4H3. The van der Waals surface area contributed by atoms with Crippen LogP contribution < -0.4 is 0 Å². The molecular weight excluding hydrogens is 397 g/mol. The van der Waals surface area contributed by atoms with E-state index in [1.54, 1.807) is 35.6 Å². The van der Waals surface area contributed by atoms with E-state index in [-0.39, 0.29) is 18.3 Å². The van der Waals surface area contributed by atoms with Crippen LogP contribution in [-0.4, -0.2) is 57.7 Å².